The molecule has 324 valence electrons. The molecule has 62 heavy (non-hydrogen) atoms. The van der Waals surface area contributed by atoms with Gasteiger partial charge in [0.1, 0.15) is 6.04 Å². The molecule has 10 rings (SSSR count). The van der Waals surface area contributed by atoms with E-state index in [9.17, 15) is 32.8 Å². The van der Waals surface area contributed by atoms with Crippen molar-refractivity contribution in [3.05, 3.63) is 93.3 Å². The average Bonchev–Trinajstić information content (AvgIpc) is 3.94. The lowest BCUT2D eigenvalue weighted by atomic mass is 9.79. The Hall–Kier alpha value is -5.54. The number of likely N-dealkylation sites (tertiary alicyclic amines) is 1. The number of amides is 5. The Balaban J connectivity index is 0.755. The molecular formula is C47H51F2N7O6. The fourth-order valence-corrected chi connectivity index (χ4v) is 11.3. The number of benzene rings is 2. The number of aromatic amines is 1. The minimum atomic E-state index is -2.50. The summed E-state index contributed by atoms with van der Waals surface area (Å²) in [4.78, 5) is 80.7. The summed E-state index contributed by atoms with van der Waals surface area (Å²) < 4.78 is 34.0. The lowest BCUT2D eigenvalue weighted by molar-refractivity contribution is -0.138. The first-order valence-electron chi connectivity index (χ1n) is 22.1. The Kier molecular flexibility index (Phi) is 10.4. The van der Waals surface area contributed by atoms with Crippen molar-refractivity contribution >= 4 is 40.4 Å². The Labute approximate surface area is 358 Å². The first-order chi connectivity index (χ1) is 30.0. The second kappa shape index (κ2) is 16.0. The van der Waals surface area contributed by atoms with Crippen LogP contribution in [0.15, 0.2) is 48.5 Å². The highest BCUT2D eigenvalue weighted by Gasteiger charge is 2.46. The van der Waals surface area contributed by atoms with Crippen LogP contribution in [0.2, 0.25) is 0 Å². The molecule has 2 saturated heterocycles. The minimum Gasteiger partial charge on any atom is -0.481 e. The molecule has 15 heteroatoms. The van der Waals surface area contributed by atoms with Crippen LogP contribution < -0.4 is 10.1 Å². The number of ether oxygens (including phenoxy) is 1. The van der Waals surface area contributed by atoms with E-state index in [4.69, 9.17) is 9.72 Å². The zero-order valence-electron chi connectivity index (χ0n) is 35.0. The van der Waals surface area contributed by atoms with Crippen LogP contribution in [0, 0.1) is 5.92 Å². The number of nitrogens with zero attached hydrogens (tertiary/aromatic N) is 5. The molecule has 2 aromatic heterocycles. The number of carbonyl (C=O) groups is 5. The molecule has 7 heterocycles. The van der Waals surface area contributed by atoms with Gasteiger partial charge < -0.3 is 14.6 Å². The Morgan fingerprint density at radius 2 is 1.60 bits per heavy atom. The summed E-state index contributed by atoms with van der Waals surface area (Å²) in [6.07, 6.45) is 3.20. The number of halogens is 2. The summed E-state index contributed by atoms with van der Waals surface area (Å²) in [5.41, 5.74) is 7.29. The van der Waals surface area contributed by atoms with Gasteiger partial charge in [0.05, 0.1) is 30.8 Å². The van der Waals surface area contributed by atoms with Gasteiger partial charge >= 0.3 is 0 Å². The molecule has 1 unspecified atom stereocenters. The van der Waals surface area contributed by atoms with Crippen LogP contribution in [0.1, 0.15) is 125 Å². The number of pyridine rings is 1. The molecule has 2 aromatic carbocycles. The molecule has 4 aromatic rings. The molecule has 2 N–H and O–H groups in total. The SMILES string of the molecule is COc1nc(C2CCC(C(=O)N3CCC(N4Cc5cc6c(cc5C4)C(=O)N(C4CCC(=O)NC4=O)C6=O)CC3)CC2)ccc1[C@@H]1c2[nH]c3ccccc3c2C[C@@H](C)N1CC(F)F. The zero-order valence-corrected chi connectivity index (χ0v) is 35.0. The van der Waals surface area contributed by atoms with E-state index < -0.39 is 42.1 Å². The molecule has 1 aliphatic carbocycles. The van der Waals surface area contributed by atoms with E-state index in [2.05, 4.69) is 21.3 Å². The molecule has 6 aliphatic rings. The number of aromatic nitrogens is 2. The van der Waals surface area contributed by atoms with Crippen molar-refractivity contribution in [2.75, 3.05) is 26.7 Å². The minimum absolute atomic E-state index is 0.0516. The summed E-state index contributed by atoms with van der Waals surface area (Å²) in [6, 6.07) is 14.4. The third kappa shape index (κ3) is 6.97. The third-order valence-electron chi connectivity index (χ3n) is 14.6. The maximum absolute atomic E-state index is 14.0. The number of piperidine rings is 2. The van der Waals surface area contributed by atoms with Gasteiger partial charge in [-0.1, -0.05) is 18.2 Å². The maximum atomic E-state index is 14.0. The van der Waals surface area contributed by atoms with E-state index in [1.54, 1.807) is 19.2 Å². The van der Waals surface area contributed by atoms with Crippen molar-refractivity contribution in [2.24, 2.45) is 5.92 Å². The number of para-hydroxylation sites is 1. The summed E-state index contributed by atoms with van der Waals surface area (Å²) >= 11 is 0. The van der Waals surface area contributed by atoms with Crippen LogP contribution in [0.3, 0.4) is 0 Å². The number of carbonyl (C=O) groups excluding carboxylic acids is 5. The van der Waals surface area contributed by atoms with Crippen molar-refractivity contribution in [1.82, 2.24) is 34.9 Å². The standard InChI is InChI=1S/C47H51F2N7O6/c1-25-19-33-31-5-3-4-6-37(31)50-41(33)42(55(25)24-39(48)49)32-11-12-36(51-44(32)62-2)26-7-9-27(10-8-26)45(59)53-17-15-30(16-18-53)54-22-28-20-34-35(21-29(28)23-54)47(61)56(46(34)60)38-13-14-40(57)52-43(38)58/h3-6,11-12,20-21,25-27,30,38-39,42,50H,7-10,13-19,22-24H2,1-2H3,(H,52,57,58)/t25-,26?,27?,38?,42-/m1/s1. The molecule has 1 saturated carbocycles. The van der Waals surface area contributed by atoms with Crippen molar-refractivity contribution in [1.29, 1.82) is 0 Å². The molecular weight excluding hydrogens is 797 g/mol. The van der Waals surface area contributed by atoms with Crippen LogP contribution >= 0.6 is 0 Å². The predicted molar refractivity (Wildman–Crippen MR) is 223 cm³/mol. The van der Waals surface area contributed by atoms with Gasteiger partial charge in [0.25, 0.3) is 18.2 Å². The first-order valence-corrected chi connectivity index (χ1v) is 22.1. The summed E-state index contributed by atoms with van der Waals surface area (Å²) in [6.45, 7) is 4.27. The second-order valence-corrected chi connectivity index (χ2v) is 18.1. The van der Waals surface area contributed by atoms with Gasteiger partial charge in [0.2, 0.25) is 23.6 Å². The van der Waals surface area contributed by atoms with Crippen LogP contribution in [0.5, 0.6) is 5.88 Å². The largest absolute Gasteiger partial charge is 0.481 e. The third-order valence-corrected chi connectivity index (χ3v) is 14.6. The van der Waals surface area contributed by atoms with Crippen molar-refractivity contribution in [3.8, 4) is 5.88 Å². The normalized spacial score (nSPS) is 26.0. The fraction of sp³-hybridized carbons (Fsp3) is 0.489. The molecule has 5 aliphatic heterocycles. The highest BCUT2D eigenvalue weighted by molar-refractivity contribution is 6.23. The van der Waals surface area contributed by atoms with E-state index in [1.807, 2.05) is 47.1 Å². The maximum Gasteiger partial charge on any atom is 0.262 e. The number of imide groups is 2. The van der Waals surface area contributed by atoms with Crippen LogP contribution in [-0.2, 0) is 33.9 Å². The Morgan fingerprint density at radius 1 is 0.903 bits per heavy atom. The zero-order chi connectivity index (χ0) is 43.0. The Bertz CT molecular complexity index is 2450. The molecule has 5 amide bonds. The van der Waals surface area contributed by atoms with E-state index in [0.717, 1.165) is 88.0 Å². The van der Waals surface area contributed by atoms with Crippen molar-refractivity contribution in [3.63, 3.8) is 0 Å². The van der Waals surface area contributed by atoms with Crippen molar-refractivity contribution in [2.45, 2.75) is 114 Å². The number of nitrogens with one attached hydrogen (secondary N) is 2. The molecule has 13 nitrogen and oxygen atoms in total. The fourth-order valence-electron chi connectivity index (χ4n) is 11.3. The predicted octanol–water partition coefficient (Wildman–Crippen LogP) is 5.85. The molecule has 3 fully saturated rings. The molecule has 0 bridgehead atoms. The summed E-state index contributed by atoms with van der Waals surface area (Å²) in [5, 5.41) is 3.35. The van der Waals surface area contributed by atoms with Gasteiger partial charge in [-0.25, -0.2) is 13.8 Å². The number of hydrogen-bond acceptors (Lipinski definition) is 9. The number of rotatable bonds is 8. The van der Waals surface area contributed by atoms with Crippen LogP contribution in [0.25, 0.3) is 10.9 Å². The highest BCUT2D eigenvalue weighted by Crippen LogP contribution is 2.45. The monoisotopic (exact) mass is 847 g/mol. The average molecular weight is 848 g/mol. The van der Waals surface area contributed by atoms with Gasteiger partial charge in [-0.2, -0.15) is 0 Å². The number of hydrogen-bond donors (Lipinski definition) is 2. The number of methoxy groups -OCH3 is 1. The topological polar surface area (TPSA) is 148 Å². The van der Waals surface area contributed by atoms with Crippen molar-refractivity contribution < 1.29 is 37.5 Å². The van der Waals surface area contributed by atoms with E-state index >= 15 is 0 Å². The first kappa shape index (κ1) is 40.5. The van der Waals surface area contributed by atoms with Gasteiger partial charge in [-0.05, 0) is 105 Å². The van der Waals surface area contributed by atoms with Gasteiger partial charge in [0.15, 0.2) is 0 Å². The van der Waals surface area contributed by atoms with Gasteiger partial charge in [-0.3, -0.25) is 44.0 Å². The molecule has 0 spiro atoms. The van der Waals surface area contributed by atoms with E-state index in [-0.39, 0.29) is 49.2 Å². The van der Waals surface area contributed by atoms with Gasteiger partial charge in [-0.15, -0.1) is 0 Å². The lowest BCUT2D eigenvalue weighted by Crippen LogP contribution is -2.54. The second-order valence-electron chi connectivity index (χ2n) is 18.1. The lowest BCUT2D eigenvalue weighted by Gasteiger charge is -2.41. The van der Waals surface area contributed by atoms with Crippen LogP contribution in [-0.4, -0.2) is 110 Å². The smallest absolute Gasteiger partial charge is 0.262 e. The highest BCUT2D eigenvalue weighted by atomic mass is 19.3. The van der Waals surface area contributed by atoms with E-state index in [0.29, 0.717) is 49.6 Å². The molecule has 3 atom stereocenters. The number of alkyl halides is 2. The number of H-pyrrole nitrogens is 1. The Morgan fingerprint density at radius 3 is 2.26 bits per heavy atom. The van der Waals surface area contributed by atoms with E-state index in [1.165, 1.54) is 0 Å². The quantitative estimate of drug-likeness (QED) is 0.208. The summed E-state index contributed by atoms with van der Waals surface area (Å²) in [7, 11) is 1.59. The molecule has 0 radical (unpaired) electrons. The number of fused-ring (bicyclic) bond motifs is 5. The summed E-state index contributed by atoms with van der Waals surface area (Å²) in [5.74, 6) is -1.26. The van der Waals surface area contributed by atoms with Gasteiger partial charge in [0, 0.05) is 84.4 Å². The van der Waals surface area contributed by atoms with Crippen LogP contribution in [0.4, 0.5) is 8.78 Å².